The first-order chi connectivity index (χ1) is 7.11. The van der Waals surface area contributed by atoms with E-state index in [4.69, 9.17) is 11.6 Å². The summed E-state index contributed by atoms with van der Waals surface area (Å²) in [7, 11) is 0. The van der Waals surface area contributed by atoms with Crippen molar-refractivity contribution in [1.82, 2.24) is 9.97 Å². The van der Waals surface area contributed by atoms with Crippen LogP contribution in [-0.2, 0) is 6.42 Å². The Bertz CT molecular complexity index is 357. The summed E-state index contributed by atoms with van der Waals surface area (Å²) >= 11 is 5.86. The summed E-state index contributed by atoms with van der Waals surface area (Å²) in [6.07, 6.45) is 2.89. The second-order valence-corrected chi connectivity index (χ2v) is 3.90. The van der Waals surface area contributed by atoms with Crippen molar-refractivity contribution in [3.63, 3.8) is 0 Å². The van der Waals surface area contributed by atoms with Gasteiger partial charge in [-0.25, -0.2) is 9.97 Å². The smallest absolute Gasteiger partial charge is 0.134 e. The van der Waals surface area contributed by atoms with Crippen molar-refractivity contribution in [2.45, 2.75) is 27.2 Å². The van der Waals surface area contributed by atoms with E-state index in [1.165, 1.54) is 5.57 Å². The summed E-state index contributed by atoms with van der Waals surface area (Å²) in [6.45, 7) is 6.89. The third kappa shape index (κ3) is 4.30. The van der Waals surface area contributed by atoms with Crippen LogP contribution in [0.1, 0.15) is 26.6 Å². The summed E-state index contributed by atoms with van der Waals surface area (Å²) in [5.41, 5.74) is 1.28. The van der Waals surface area contributed by atoms with Gasteiger partial charge in [0.15, 0.2) is 0 Å². The van der Waals surface area contributed by atoms with Crippen LogP contribution >= 0.6 is 11.6 Å². The molecule has 1 rings (SSSR count). The van der Waals surface area contributed by atoms with Gasteiger partial charge >= 0.3 is 0 Å². The van der Waals surface area contributed by atoms with Crippen molar-refractivity contribution in [3.8, 4) is 0 Å². The van der Waals surface area contributed by atoms with Crippen molar-refractivity contribution >= 4 is 17.4 Å². The van der Waals surface area contributed by atoms with E-state index in [9.17, 15) is 0 Å². The number of hydrogen-bond acceptors (Lipinski definition) is 3. The maximum atomic E-state index is 5.86. The molecule has 1 heterocycles. The van der Waals surface area contributed by atoms with Crippen molar-refractivity contribution in [1.29, 1.82) is 0 Å². The molecule has 0 radical (unpaired) electrons. The molecule has 0 fully saturated rings. The van der Waals surface area contributed by atoms with E-state index >= 15 is 0 Å². The Hall–Kier alpha value is -1.09. The number of aryl methyl sites for hydroxylation is 1. The van der Waals surface area contributed by atoms with E-state index in [1.807, 2.05) is 6.92 Å². The Morgan fingerprint density at radius 2 is 2.20 bits per heavy atom. The molecule has 0 unspecified atom stereocenters. The lowest BCUT2D eigenvalue weighted by Gasteiger charge is -2.05. The maximum Gasteiger partial charge on any atom is 0.134 e. The molecule has 0 spiro atoms. The molecule has 0 bridgehead atoms. The normalized spacial score (nSPS) is 9.87. The van der Waals surface area contributed by atoms with Gasteiger partial charge in [-0.3, -0.25) is 0 Å². The van der Waals surface area contributed by atoms with E-state index in [0.717, 1.165) is 24.6 Å². The van der Waals surface area contributed by atoms with Crippen LogP contribution in [0.4, 0.5) is 5.82 Å². The second kappa shape index (κ2) is 5.71. The van der Waals surface area contributed by atoms with Gasteiger partial charge in [-0.05, 0) is 13.8 Å². The number of aromatic nitrogens is 2. The highest BCUT2D eigenvalue weighted by atomic mass is 35.5. The molecule has 0 aromatic carbocycles. The number of allylic oxidation sites excluding steroid dienone is 1. The predicted octanol–water partition coefficient (Wildman–Crippen LogP) is 3.07. The van der Waals surface area contributed by atoms with Crippen LogP contribution in [0.2, 0.25) is 5.15 Å². The van der Waals surface area contributed by atoms with Crippen molar-refractivity contribution in [3.05, 3.63) is 28.7 Å². The van der Waals surface area contributed by atoms with Crippen LogP contribution in [0.5, 0.6) is 0 Å². The van der Waals surface area contributed by atoms with Gasteiger partial charge in [0.2, 0.25) is 0 Å². The average molecular weight is 226 g/mol. The zero-order valence-corrected chi connectivity index (χ0v) is 10.1. The number of halogens is 1. The molecule has 1 aromatic heterocycles. The van der Waals surface area contributed by atoms with Crippen molar-refractivity contribution in [2.75, 3.05) is 11.9 Å². The lowest BCUT2D eigenvalue weighted by atomic mass is 10.3. The minimum absolute atomic E-state index is 0.488. The van der Waals surface area contributed by atoms with Gasteiger partial charge in [-0.2, -0.15) is 0 Å². The molecule has 0 aliphatic carbocycles. The molecule has 15 heavy (non-hydrogen) atoms. The number of hydrogen-bond donors (Lipinski definition) is 1. The molecule has 82 valence electrons. The summed E-state index contributed by atoms with van der Waals surface area (Å²) in [5.74, 6) is 1.55. The van der Waals surface area contributed by atoms with Gasteiger partial charge in [-0.15, -0.1) is 0 Å². The first kappa shape index (κ1) is 12.0. The van der Waals surface area contributed by atoms with Crippen LogP contribution in [0, 0.1) is 0 Å². The summed E-state index contributed by atoms with van der Waals surface area (Å²) in [5, 5.41) is 3.67. The second-order valence-electron chi connectivity index (χ2n) is 3.51. The lowest BCUT2D eigenvalue weighted by Crippen LogP contribution is -2.04. The highest BCUT2D eigenvalue weighted by molar-refractivity contribution is 6.29. The molecular weight excluding hydrogens is 210 g/mol. The van der Waals surface area contributed by atoms with Gasteiger partial charge < -0.3 is 5.32 Å². The molecule has 0 saturated carbocycles. The molecular formula is C11H16ClN3. The lowest BCUT2D eigenvalue weighted by molar-refractivity contribution is 0.938. The van der Waals surface area contributed by atoms with Gasteiger partial charge in [0.1, 0.15) is 16.8 Å². The fraction of sp³-hybridized carbons (Fsp3) is 0.455. The third-order valence-corrected chi connectivity index (χ3v) is 2.04. The van der Waals surface area contributed by atoms with E-state index < -0.39 is 0 Å². The number of nitrogens with one attached hydrogen (secondary N) is 1. The minimum atomic E-state index is 0.488. The molecule has 4 heteroatoms. The molecule has 3 nitrogen and oxygen atoms in total. The Labute approximate surface area is 95.6 Å². The van der Waals surface area contributed by atoms with Crippen LogP contribution in [0.3, 0.4) is 0 Å². The molecule has 0 atom stereocenters. The van der Waals surface area contributed by atoms with Gasteiger partial charge in [0.25, 0.3) is 0 Å². The molecule has 1 N–H and O–H groups in total. The Morgan fingerprint density at radius 1 is 1.47 bits per heavy atom. The number of anilines is 1. The highest BCUT2D eigenvalue weighted by Gasteiger charge is 2.00. The summed E-state index contributed by atoms with van der Waals surface area (Å²) < 4.78 is 0. The first-order valence-corrected chi connectivity index (χ1v) is 5.40. The Kier molecular flexibility index (Phi) is 4.56. The van der Waals surface area contributed by atoms with E-state index in [1.54, 1.807) is 6.07 Å². The Balaban J connectivity index is 2.68. The zero-order chi connectivity index (χ0) is 11.3. The third-order valence-electron chi connectivity index (χ3n) is 1.85. The van der Waals surface area contributed by atoms with Gasteiger partial charge in [-0.1, -0.05) is 30.2 Å². The van der Waals surface area contributed by atoms with Crippen molar-refractivity contribution < 1.29 is 0 Å². The molecule has 1 aromatic rings. The highest BCUT2D eigenvalue weighted by Crippen LogP contribution is 2.11. The first-order valence-electron chi connectivity index (χ1n) is 5.02. The molecule has 0 aliphatic heterocycles. The van der Waals surface area contributed by atoms with Crippen LogP contribution in [0.25, 0.3) is 0 Å². The topological polar surface area (TPSA) is 37.8 Å². The number of rotatable bonds is 4. The number of nitrogens with zero attached hydrogens (tertiary/aromatic N) is 2. The van der Waals surface area contributed by atoms with Crippen LogP contribution < -0.4 is 5.32 Å². The quantitative estimate of drug-likeness (QED) is 0.632. The molecule has 0 aliphatic rings. The average Bonchev–Trinajstić information content (AvgIpc) is 2.16. The standard InChI is InChI=1S/C11H16ClN3/c1-4-10-14-9(12)7-11(15-10)13-6-5-8(2)3/h5,7H,4,6H2,1-3H3,(H,13,14,15). The van der Waals surface area contributed by atoms with Gasteiger partial charge in [0, 0.05) is 19.0 Å². The van der Waals surface area contributed by atoms with E-state index in [-0.39, 0.29) is 0 Å². The largest absolute Gasteiger partial charge is 0.366 e. The minimum Gasteiger partial charge on any atom is -0.366 e. The summed E-state index contributed by atoms with van der Waals surface area (Å²) in [4.78, 5) is 8.41. The van der Waals surface area contributed by atoms with Crippen molar-refractivity contribution in [2.24, 2.45) is 0 Å². The maximum absolute atomic E-state index is 5.86. The van der Waals surface area contributed by atoms with Crippen LogP contribution in [-0.4, -0.2) is 16.5 Å². The molecule has 0 saturated heterocycles. The van der Waals surface area contributed by atoms with E-state index in [0.29, 0.717) is 5.15 Å². The predicted molar refractivity (Wildman–Crippen MR) is 64.3 cm³/mol. The fourth-order valence-electron chi connectivity index (χ4n) is 1.07. The van der Waals surface area contributed by atoms with Gasteiger partial charge in [0.05, 0.1) is 0 Å². The fourth-order valence-corrected chi connectivity index (χ4v) is 1.27. The SMILES string of the molecule is CCc1nc(Cl)cc(NCC=C(C)C)n1. The van der Waals surface area contributed by atoms with Crippen LogP contribution in [0.15, 0.2) is 17.7 Å². The Morgan fingerprint density at radius 3 is 2.80 bits per heavy atom. The molecule has 0 amide bonds. The summed E-state index contributed by atoms with van der Waals surface area (Å²) in [6, 6.07) is 1.74. The monoisotopic (exact) mass is 225 g/mol. The van der Waals surface area contributed by atoms with E-state index in [2.05, 4.69) is 35.2 Å². The zero-order valence-electron chi connectivity index (χ0n) is 9.34.